The zero-order valence-corrected chi connectivity index (χ0v) is 19.5. The molecule has 2 aromatic carbocycles. The first-order valence-corrected chi connectivity index (χ1v) is 12.1. The number of fused-ring (bicyclic) bond motifs is 3. The second-order valence-corrected chi connectivity index (χ2v) is 9.09. The molecule has 8 heteroatoms. The van der Waals surface area contributed by atoms with Gasteiger partial charge in [-0.05, 0) is 40.1 Å². The van der Waals surface area contributed by atoms with Crippen LogP contribution < -0.4 is 10.6 Å². The van der Waals surface area contributed by atoms with Crippen molar-refractivity contribution in [2.24, 2.45) is 0 Å². The number of carboxylic acids is 1. The summed E-state index contributed by atoms with van der Waals surface area (Å²) >= 11 is 1.30. The lowest BCUT2D eigenvalue weighted by molar-refractivity contribution is -0.142. The molecule has 1 heterocycles. The maximum Gasteiger partial charge on any atom is 0.408 e. The largest absolute Gasteiger partial charge is 0.480 e. The third-order valence-corrected chi connectivity index (χ3v) is 6.82. The minimum Gasteiger partial charge on any atom is -0.480 e. The first-order valence-electron chi connectivity index (χ1n) is 11.2. The Bertz CT molecular complexity index is 1130. The summed E-state index contributed by atoms with van der Waals surface area (Å²) in [6, 6.07) is 17.5. The Labute approximate surface area is 201 Å². The van der Waals surface area contributed by atoms with Crippen molar-refractivity contribution in [3.63, 3.8) is 0 Å². The Kier molecular flexibility index (Phi) is 7.27. The fraction of sp³-hybridized carbons (Fsp3) is 0.269. The fourth-order valence-electron chi connectivity index (χ4n) is 4.28. The van der Waals surface area contributed by atoms with Crippen molar-refractivity contribution in [3.05, 3.63) is 82.0 Å². The van der Waals surface area contributed by atoms with Gasteiger partial charge in [-0.2, -0.15) is 0 Å². The molecule has 176 valence electrons. The minimum absolute atomic E-state index is 0.104. The summed E-state index contributed by atoms with van der Waals surface area (Å²) in [5.41, 5.74) is 4.43. The first kappa shape index (κ1) is 23.5. The topological polar surface area (TPSA) is 105 Å². The van der Waals surface area contributed by atoms with Crippen LogP contribution in [0.1, 0.15) is 47.7 Å². The van der Waals surface area contributed by atoms with Gasteiger partial charge in [-0.25, -0.2) is 9.59 Å². The van der Waals surface area contributed by atoms with Crippen LogP contribution in [0.25, 0.3) is 11.1 Å². The maximum absolute atomic E-state index is 12.9. The zero-order valence-electron chi connectivity index (χ0n) is 18.7. The summed E-state index contributed by atoms with van der Waals surface area (Å²) in [6.07, 6.45) is 0.155. The first-order chi connectivity index (χ1) is 16.5. The molecule has 2 amide bonds. The predicted octanol–water partition coefficient (Wildman–Crippen LogP) is 4.70. The molecule has 0 spiro atoms. The third-order valence-electron chi connectivity index (χ3n) is 5.89. The predicted molar refractivity (Wildman–Crippen MR) is 130 cm³/mol. The van der Waals surface area contributed by atoms with Crippen molar-refractivity contribution < 1.29 is 24.2 Å². The molecule has 0 saturated carbocycles. The van der Waals surface area contributed by atoms with E-state index in [0.717, 1.165) is 22.3 Å². The van der Waals surface area contributed by atoms with Crippen LogP contribution in [0.15, 0.2) is 66.0 Å². The number of benzene rings is 2. The number of carbonyl (C=O) groups excluding carboxylic acids is 2. The summed E-state index contributed by atoms with van der Waals surface area (Å²) in [4.78, 5) is 37.7. The number of ether oxygens (including phenoxy) is 1. The van der Waals surface area contributed by atoms with Gasteiger partial charge in [-0.1, -0.05) is 67.9 Å². The second kappa shape index (κ2) is 10.5. The molecule has 0 aliphatic heterocycles. The van der Waals surface area contributed by atoms with Crippen molar-refractivity contribution >= 4 is 29.3 Å². The number of nitrogens with one attached hydrogen (secondary N) is 2. The van der Waals surface area contributed by atoms with Gasteiger partial charge in [0.05, 0.1) is 0 Å². The molecule has 3 N–H and O–H groups in total. The zero-order chi connectivity index (χ0) is 24.1. The number of alkyl carbamates (subject to hydrolysis) is 1. The molecule has 3 aromatic rings. The van der Waals surface area contributed by atoms with Gasteiger partial charge in [0.15, 0.2) is 0 Å². The molecule has 1 aromatic heterocycles. The maximum atomic E-state index is 12.9. The van der Waals surface area contributed by atoms with Crippen LogP contribution in [-0.4, -0.2) is 35.7 Å². The summed E-state index contributed by atoms with van der Waals surface area (Å²) < 4.78 is 5.58. The Morgan fingerprint density at radius 3 is 2.18 bits per heavy atom. The summed E-state index contributed by atoms with van der Waals surface area (Å²) in [6.45, 7) is 1.96. The molecule has 34 heavy (non-hydrogen) atoms. The molecule has 4 rings (SSSR count). The molecule has 0 fully saturated rings. The lowest BCUT2D eigenvalue weighted by Gasteiger charge is -2.21. The quantitative estimate of drug-likeness (QED) is 0.414. The Morgan fingerprint density at radius 1 is 0.971 bits per heavy atom. The van der Waals surface area contributed by atoms with Gasteiger partial charge in [0.1, 0.15) is 18.7 Å². The van der Waals surface area contributed by atoms with Gasteiger partial charge in [0.2, 0.25) is 5.91 Å². The summed E-state index contributed by atoms with van der Waals surface area (Å²) in [5, 5.41) is 16.3. The van der Waals surface area contributed by atoms with Crippen molar-refractivity contribution in [3.8, 4) is 11.1 Å². The number of amides is 2. The number of carboxylic acid groups (broad SMARTS) is 1. The van der Waals surface area contributed by atoms with Gasteiger partial charge in [-0.15, -0.1) is 11.3 Å². The van der Waals surface area contributed by atoms with Crippen molar-refractivity contribution in [1.82, 2.24) is 10.6 Å². The van der Waals surface area contributed by atoms with E-state index in [1.165, 1.54) is 11.3 Å². The fourth-order valence-corrected chi connectivity index (χ4v) is 5.05. The van der Waals surface area contributed by atoms with E-state index in [9.17, 15) is 19.5 Å². The van der Waals surface area contributed by atoms with Crippen LogP contribution in [0.2, 0.25) is 0 Å². The number of hydrogen-bond donors (Lipinski definition) is 3. The van der Waals surface area contributed by atoms with E-state index in [2.05, 4.69) is 22.8 Å². The Hall–Kier alpha value is -3.65. The smallest absolute Gasteiger partial charge is 0.408 e. The highest BCUT2D eigenvalue weighted by atomic mass is 32.1. The average molecular weight is 479 g/mol. The molecular weight excluding hydrogens is 452 g/mol. The number of rotatable bonds is 9. The number of thiophene rings is 1. The standard InChI is InChI=1S/C26H26N2O5S/c1-2-8-21(25(30)31)27-24(29)23(22-13-7-14-34-22)28-26(32)33-15-20-18-11-5-3-9-16(18)17-10-4-6-12-19(17)20/h3-7,9-14,20-21,23H,2,8,15H2,1H3,(H,27,29)(H,28,32)(H,30,31)/t21-,23?/m1/s1. The lowest BCUT2D eigenvalue weighted by atomic mass is 9.98. The molecule has 1 aliphatic rings. The van der Waals surface area contributed by atoms with Crippen LogP contribution in [0, 0.1) is 0 Å². The van der Waals surface area contributed by atoms with E-state index in [-0.39, 0.29) is 12.5 Å². The number of carbonyl (C=O) groups is 3. The van der Waals surface area contributed by atoms with Crippen LogP contribution in [-0.2, 0) is 14.3 Å². The van der Waals surface area contributed by atoms with Gasteiger partial charge in [-0.3, -0.25) is 4.79 Å². The van der Waals surface area contributed by atoms with Gasteiger partial charge < -0.3 is 20.5 Å². The minimum atomic E-state index is -1.11. The summed E-state index contributed by atoms with van der Waals surface area (Å²) in [7, 11) is 0. The molecular formula is C26H26N2O5S. The average Bonchev–Trinajstić information content (AvgIpc) is 3.47. The van der Waals surface area contributed by atoms with Crippen LogP contribution >= 0.6 is 11.3 Å². The Balaban J connectivity index is 1.46. The van der Waals surface area contributed by atoms with Crippen molar-refractivity contribution in [2.45, 2.75) is 37.8 Å². The highest BCUT2D eigenvalue weighted by molar-refractivity contribution is 7.10. The molecule has 7 nitrogen and oxygen atoms in total. The molecule has 1 unspecified atom stereocenters. The molecule has 2 atom stereocenters. The van der Waals surface area contributed by atoms with E-state index in [1.807, 2.05) is 43.3 Å². The SMILES string of the molecule is CCC[C@@H](NC(=O)C(NC(=O)OCC1c2ccccc2-c2ccccc21)c1cccs1)C(=O)O. The highest BCUT2D eigenvalue weighted by Gasteiger charge is 2.31. The second-order valence-electron chi connectivity index (χ2n) is 8.11. The number of hydrogen-bond acceptors (Lipinski definition) is 5. The number of aliphatic carboxylic acids is 1. The molecule has 0 radical (unpaired) electrons. The van der Waals surface area contributed by atoms with Crippen LogP contribution in [0.5, 0.6) is 0 Å². The van der Waals surface area contributed by atoms with E-state index < -0.39 is 30.1 Å². The highest BCUT2D eigenvalue weighted by Crippen LogP contribution is 2.44. The van der Waals surface area contributed by atoms with Crippen LogP contribution in [0.3, 0.4) is 0 Å². The van der Waals surface area contributed by atoms with Gasteiger partial charge in [0.25, 0.3) is 0 Å². The summed E-state index contributed by atoms with van der Waals surface area (Å²) in [5.74, 6) is -1.80. The third kappa shape index (κ3) is 4.97. The van der Waals surface area contributed by atoms with Crippen LogP contribution in [0.4, 0.5) is 4.79 Å². The lowest BCUT2D eigenvalue weighted by Crippen LogP contribution is -2.47. The van der Waals surface area contributed by atoms with E-state index in [4.69, 9.17) is 4.74 Å². The Morgan fingerprint density at radius 2 is 1.62 bits per heavy atom. The van der Waals surface area contributed by atoms with Crippen molar-refractivity contribution in [1.29, 1.82) is 0 Å². The monoisotopic (exact) mass is 478 g/mol. The van der Waals surface area contributed by atoms with E-state index >= 15 is 0 Å². The molecule has 1 aliphatic carbocycles. The van der Waals surface area contributed by atoms with E-state index in [1.54, 1.807) is 17.5 Å². The normalized spacial score (nSPS) is 13.9. The molecule has 0 saturated heterocycles. The van der Waals surface area contributed by atoms with Gasteiger partial charge >= 0.3 is 12.1 Å². The molecule has 0 bridgehead atoms. The van der Waals surface area contributed by atoms with Gasteiger partial charge in [0, 0.05) is 10.8 Å². The van der Waals surface area contributed by atoms with E-state index in [0.29, 0.717) is 17.7 Å². The van der Waals surface area contributed by atoms with Crippen molar-refractivity contribution in [2.75, 3.05) is 6.61 Å².